The van der Waals surface area contributed by atoms with Gasteiger partial charge in [0.15, 0.2) is 5.96 Å². The van der Waals surface area contributed by atoms with Gasteiger partial charge in [-0.25, -0.2) is 9.98 Å². The lowest BCUT2D eigenvalue weighted by Gasteiger charge is -2.21. The highest BCUT2D eigenvalue weighted by Gasteiger charge is 2.10. The van der Waals surface area contributed by atoms with Crippen LogP contribution in [0.15, 0.2) is 47.7 Å². The third-order valence-corrected chi connectivity index (χ3v) is 3.18. The van der Waals surface area contributed by atoms with Crippen molar-refractivity contribution in [3.63, 3.8) is 0 Å². The molecule has 0 fully saturated rings. The zero-order valence-electron chi connectivity index (χ0n) is 14.0. The second-order valence-corrected chi connectivity index (χ2v) is 6.35. The first kappa shape index (κ1) is 19.5. The highest BCUT2D eigenvalue weighted by Crippen LogP contribution is 2.05. The SMILES string of the molecule is CC(C)(C)NC(N)=NCc1nccn1CCc1ccccc1.I. The first-order valence-corrected chi connectivity index (χ1v) is 7.56. The highest BCUT2D eigenvalue weighted by molar-refractivity contribution is 14.0. The standard InChI is InChI=1S/C17H25N5.HI/c1-17(2,3)21-16(18)20-13-15-19-10-12-22(15)11-9-14-7-5-4-6-8-14;/h4-8,10,12H,9,11,13H2,1-3H3,(H3,18,20,21);1H. The van der Waals surface area contributed by atoms with E-state index < -0.39 is 0 Å². The van der Waals surface area contributed by atoms with Crippen LogP contribution in [0, 0.1) is 0 Å². The molecule has 23 heavy (non-hydrogen) atoms. The van der Waals surface area contributed by atoms with Gasteiger partial charge in [0.05, 0.1) is 0 Å². The molecule has 2 rings (SSSR count). The van der Waals surface area contributed by atoms with Crippen molar-refractivity contribution in [1.29, 1.82) is 0 Å². The van der Waals surface area contributed by atoms with Gasteiger partial charge in [0.2, 0.25) is 0 Å². The minimum absolute atomic E-state index is 0. The molecule has 0 aliphatic carbocycles. The van der Waals surface area contributed by atoms with Crippen LogP contribution in [0.2, 0.25) is 0 Å². The van der Waals surface area contributed by atoms with Gasteiger partial charge in [-0.05, 0) is 32.8 Å². The Balaban J connectivity index is 0.00000264. The van der Waals surface area contributed by atoms with Crippen LogP contribution < -0.4 is 11.1 Å². The van der Waals surface area contributed by atoms with Gasteiger partial charge in [-0.3, -0.25) is 0 Å². The number of aryl methyl sites for hydroxylation is 2. The monoisotopic (exact) mass is 427 g/mol. The van der Waals surface area contributed by atoms with E-state index in [2.05, 4.69) is 64.9 Å². The molecule has 5 nitrogen and oxygen atoms in total. The van der Waals surface area contributed by atoms with Gasteiger partial charge >= 0.3 is 0 Å². The molecular formula is C17H26IN5. The van der Waals surface area contributed by atoms with E-state index in [9.17, 15) is 0 Å². The summed E-state index contributed by atoms with van der Waals surface area (Å²) >= 11 is 0. The number of imidazole rings is 1. The molecule has 6 heteroatoms. The Morgan fingerprint density at radius 3 is 2.61 bits per heavy atom. The maximum absolute atomic E-state index is 5.89. The summed E-state index contributed by atoms with van der Waals surface area (Å²) in [4.78, 5) is 8.74. The molecule has 0 amide bonds. The van der Waals surface area contributed by atoms with Crippen LogP contribution in [0.4, 0.5) is 0 Å². The van der Waals surface area contributed by atoms with E-state index in [1.165, 1.54) is 5.56 Å². The molecule has 1 aromatic carbocycles. The zero-order valence-corrected chi connectivity index (χ0v) is 16.3. The Kier molecular flexibility index (Phi) is 7.54. The zero-order chi connectivity index (χ0) is 16.0. The average molecular weight is 427 g/mol. The van der Waals surface area contributed by atoms with Gasteiger partial charge in [0, 0.05) is 24.5 Å². The van der Waals surface area contributed by atoms with E-state index in [4.69, 9.17) is 5.73 Å². The third-order valence-electron chi connectivity index (χ3n) is 3.18. The molecule has 0 aliphatic rings. The lowest BCUT2D eigenvalue weighted by molar-refractivity contribution is 0.507. The molecule has 2 aromatic rings. The van der Waals surface area contributed by atoms with Gasteiger partial charge in [-0.2, -0.15) is 0 Å². The molecule has 1 heterocycles. The molecule has 0 bridgehead atoms. The number of rotatable bonds is 5. The van der Waals surface area contributed by atoms with Gasteiger partial charge in [-0.1, -0.05) is 30.3 Å². The average Bonchev–Trinajstić information content (AvgIpc) is 2.90. The van der Waals surface area contributed by atoms with Crippen molar-refractivity contribution in [2.75, 3.05) is 0 Å². The fourth-order valence-electron chi connectivity index (χ4n) is 2.17. The maximum Gasteiger partial charge on any atom is 0.189 e. The van der Waals surface area contributed by atoms with Crippen LogP contribution in [0.25, 0.3) is 0 Å². The largest absolute Gasteiger partial charge is 0.370 e. The first-order chi connectivity index (χ1) is 10.4. The summed E-state index contributed by atoms with van der Waals surface area (Å²) in [5.74, 6) is 1.37. The van der Waals surface area contributed by atoms with Crippen LogP contribution in [-0.2, 0) is 19.5 Å². The molecule has 0 saturated carbocycles. The van der Waals surface area contributed by atoms with Crippen molar-refractivity contribution in [1.82, 2.24) is 14.9 Å². The van der Waals surface area contributed by atoms with Crippen molar-refractivity contribution >= 4 is 29.9 Å². The lowest BCUT2D eigenvalue weighted by atomic mass is 10.1. The second-order valence-electron chi connectivity index (χ2n) is 6.35. The van der Waals surface area contributed by atoms with Crippen LogP contribution in [0.5, 0.6) is 0 Å². The molecule has 1 aromatic heterocycles. The van der Waals surface area contributed by atoms with Crippen molar-refractivity contribution in [3.05, 3.63) is 54.1 Å². The van der Waals surface area contributed by atoms with Crippen molar-refractivity contribution < 1.29 is 0 Å². The summed E-state index contributed by atoms with van der Waals surface area (Å²) < 4.78 is 2.13. The minimum atomic E-state index is -0.0870. The third kappa shape index (κ3) is 7.02. The van der Waals surface area contributed by atoms with Crippen molar-refractivity contribution in [2.45, 2.75) is 45.8 Å². The summed E-state index contributed by atoms with van der Waals surface area (Å²) in [6.07, 6.45) is 4.77. The molecule has 126 valence electrons. The Bertz CT molecular complexity index is 613. The summed E-state index contributed by atoms with van der Waals surface area (Å²) in [5.41, 5.74) is 7.13. The molecule has 0 unspecified atom stereocenters. The smallest absolute Gasteiger partial charge is 0.189 e. The topological polar surface area (TPSA) is 68.2 Å². The number of aromatic nitrogens is 2. The number of guanidine groups is 1. The van der Waals surface area contributed by atoms with E-state index in [0.717, 1.165) is 18.8 Å². The Hall–Kier alpha value is -1.57. The van der Waals surface area contributed by atoms with Crippen LogP contribution >= 0.6 is 24.0 Å². The summed E-state index contributed by atoms with van der Waals surface area (Å²) in [6, 6.07) is 10.4. The number of hydrogen-bond acceptors (Lipinski definition) is 2. The Morgan fingerprint density at radius 2 is 1.96 bits per heavy atom. The van der Waals surface area contributed by atoms with Crippen LogP contribution in [0.1, 0.15) is 32.2 Å². The fraction of sp³-hybridized carbons (Fsp3) is 0.412. The number of nitrogens with zero attached hydrogens (tertiary/aromatic N) is 3. The van der Waals surface area contributed by atoms with E-state index in [0.29, 0.717) is 12.5 Å². The molecule has 0 spiro atoms. The molecule has 0 atom stereocenters. The quantitative estimate of drug-likeness (QED) is 0.438. The molecule has 0 aliphatic heterocycles. The first-order valence-electron chi connectivity index (χ1n) is 7.56. The predicted molar refractivity (Wildman–Crippen MR) is 106 cm³/mol. The molecule has 0 radical (unpaired) electrons. The van der Waals surface area contributed by atoms with E-state index >= 15 is 0 Å². The van der Waals surface area contributed by atoms with E-state index in [-0.39, 0.29) is 29.5 Å². The molecule has 0 saturated heterocycles. The van der Waals surface area contributed by atoms with Gasteiger partial charge < -0.3 is 15.6 Å². The molecule has 3 N–H and O–H groups in total. The number of nitrogens with two attached hydrogens (primary N) is 1. The van der Waals surface area contributed by atoms with E-state index in [1.807, 2.05) is 18.5 Å². The number of halogens is 1. The van der Waals surface area contributed by atoms with E-state index in [1.54, 1.807) is 0 Å². The number of nitrogens with one attached hydrogen (secondary N) is 1. The van der Waals surface area contributed by atoms with Gasteiger partial charge in [0.25, 0.3) is 0 Å². The minimum Gasteiger partial charge on any atom is -0.370 e. The normalized spacial score (nSPS) is 11.9. The maximum atomic E-state index is 5.89. The van der Waals surface area contributed by atoms with Crippen molar-refractivity contribution in [2.24, 2.45) is 10.7 Å². The Morgan fingerprint density at radius 1 is 1.26 bits per heavy atom. The van der Waals surface area contributed by atoms with Crippen LogP contribution in [0.3, 0.4) is 0 Å². The second kappa shape index (κ2) is 8.90. The Labute approximate surface area is 155 Å². The van der Waals surface area contributed by atoms with Crippen LogP contribution in [-0.4, -0.2) is 21.0 Å². The number of aliphatic imine (C=N–C) groups is 1. The lowest BCUT2D eigenvalue weighted by Crippen LogP contribution is -2.45. The molecular weight excluding hydrogens is 401 g/mol. The van der Waals surface area contributed by atoms with Gasteiger partial charge in [-0.15, -0.1) is 24.0 Å². The number of benzene rings is 1. The highest BCUT2D eigenvalue weighted by atomic mass is 127. The summed E-state index contributed by atoms with van der Waals surface area (Å²) in [6.45, 7) is 7.53. The summed E-state index contributed by atoms with van der Waals surface area (Å²) in [5, 5.41) is 3.15. The predicted octanol–water partition coefficient (Wildman–Crippen LogP) is 2.95. The number of hydrogen-bond donors (Lipinski definition) is 2. The van der Waals surface area contributed by atoms with Crippen molar-refractivity contribution in [3.8, 4) is 0 Å². The summed E-state index contributed by atoms with van der Waals surface area (Å²) in [7, 11) is 0. The van der Waals surface area contributed by atoms with Gasteiger partial charge in [0.1, 0.15) is 12.4 Å². The fourth-order valence-corrected chi connectivity index (χ4v) is 2.17.